The summed E-state index contributed by atoms with van der Waals surface area (Å²) in [6.07, 6.45) is 0.516. The lowest BCUT2D eigenvalue weighted by Gasteiger charge is -2.25. The van der Waals surface area contributed by atoms with Crippen LogP contribution in [-0.4, -0.2) is 18.2 Å². The Morgan fingerprint density at radius 3 is 2.45 bits per heavy atom. The van der Waals surface area contributed by atoms with E-state index in [1.807, 2.05) is 19.1 Å². The van der Waals surface area contributed by atoms with Crippen LogP contribution in [0, 0.1) is 6.92 Å². The largest absolute Gasteiger partial charge is 0.496 e. The molecule has 4 heteroatoms. The third-order valence-corrected chi connectivity index (χ3v) is 3.41. The molecule has 1 aromatic rings. The molecule has 0 aromatic heterocycles. The fourth-order valence-electron chi connectivity index (χ4n) is 2.29. The van der Waals surface area contributed by atoms with Crippen LogP contribution >= 0.6 is 0 Å². The second kappa shape index (κ2) is 6.27. The van der Waals surface area contributed by atoms with Crippen molar-refractivity contribution in [2.75, 3.05) is 7.11 Å². The molecule has 1 unspecified atom stereocenters. The minimum atomic E-state index is -0.818. The lowest BCUT2D eigenvalue weighted by molar-refractivity contribution is -0.137. The molecule has 1 atom stereocenters. The molecule has 0 fully saturated rings. The number of aryl methyl sites for hydroxylation is 1. The zero-order valence-electron chi connectivity index (χ0n) is 13.0. The van der Waals surface area contributed by atoms with E-state index in [1.165, 1.54) is 0 Å². The maximum atomic E-state index is 10.7. The number of carboxylic acid groups (broad SMARTS) is 1. The number of methoxy groups -OCH3 is 1. The van der Waals surface area contributed by atoms with Crippen LogP contribution < -0.4 is 10.5 Å². The van der Waals surface area contributed by atoms with Gasteiger partial charge in [-0.15, -0.1) is 0 Å². The van der Waals surface area contributed by atoms with Gasteiger partial charge in [-0.2, -0.15) is 0 Å². The molecule has 1 rings (SSSR count). The molecule has 0 radical (unpaired) electrons. The molecule has 0 saturated heterocycles. The molecule has 0 spiro atoms. The molecule has 0 aliphatic rings. The Balaban J connectivity index is 3.17. The predicted molar refractivity (Wildman–Crippen MR) is 80.2 cm³/mol. The van der Waals surface area contributed by atoms with Gasteiger partial charge < -0.3 is 15.6 Å². The first-order valence-corrected chi connectivity index (χ1v) is 6.83. The Morgan fingerprint density at radius 1 is 1.40 bits per heavy atom. The van der Waals surface area contributed by atoms with Gasteiger partial charge in [0.05, 0.1) is 7.11 Å². The van der Waals surface area contributed by atoms with Crippen LogP contribution in [0.15, 0.2) is 12.1 Å². The summed E-state index contributed by atoms with van der Waals surface area (Å²) in [4.78, 5) is 10.7. The summed E-state index contributed by atoms with van der Waals surface area (Å²) in [7, 11) is 1.67. The normalized spacial score (nSPS) is 13.1. The number of benzene rings is 1. The van der Waals surface area contributed by atoms with Crippen molar-refractivity contribution in [3.63, 3.8) is 0 Å². The molecular formula is C16H25NO3. The topological polar surface area (TPSA) is 72.5 Å². The molecule has 3 N–H and O–H groups in total. The lowest BCUT2D eigenvalue weighted by Crippen LogP contribution is -2.17. The van der Waals surface area contributed by atoms with Gasteiger partial charge >= 0.3 is 5.97 Å². The van der Waals surface area contributed by atoms with Gasteiger partial charge in [0, 0.05) is 18.0 Å². The molecular weight excluding hydrogens is 254 g/mol. The van der Waals surface area contributed by atoms with Crippen LogP contribution in [0.5, 0.6) is 5.75 Å². The van der Waals surface area contributed by atoms with Crippen molar-refractivity contribution in [3.8, 4) is 5.75 Å². The SMILES string of the molecule is COc1c(C)cc(C(N)CCC(=O)O)cc1C(C)(C)C. The van der Waals surface area contributed by atoms with Gasteiger partial charge in [0.15, 0.2) is 0 Å². The molecule has 4 nitrogen and oxygen atoms in total. The molecule has 0 aliphatic heterocycles. The Hall–Kier alpha value is -1.55. The number of hydrogen-bond donors (Lipinski definition) is 2. The first-order valence-electron chi connectivity index (χ1n) is 6.83. The summed E-state index contributed by atoms with van der Waals surface area (Å²) < 4.78 is 5.50. The Bertz CT molecular complexity index is 489. The van der Waals surface area contributed by atoms with Crippen molar-refractivity contribution in [1.82, 2.24) is 0 Å². The average Bonchev–Trinajstić information content (AvgIpc) is 2.33. The summed E-state index contributed by atoms with van der Waals surface area (Å²) in [5.41, 5.74) is 9.15. The van der Waals surface area contributed by atoms with E-state index in [0.29, 0.717) is 6.42 Å². The maximum absolute atomic E-state index is 10.7. The van der Waals surface area contributed by atoms with E-state index in [2.05, 4.69) is 20.8 Å². The first kappa shape index (κ1) is 16.5. The van der Waals surface area contributed by atoms with Crippen molar-refractivity contribution in [3.05, 3.63) is 28.8 Å². The summed E-state index contributed by atoms with van der Waals surface area (Å²) >= 11 is 0. The molecule has 0 heterocycles. The number of aliphatic carboxylic acids is 1. The smallest absolute Gasteiger partial charge is 0.303 e. The summed E-state index contributed by atoms with van der Waals surface area (Å²) in [5, 5.41) is 8.75. The number of rotatable bonds is 5. The van der Waals surface area contributed by atoms with Crippen LogP contribution in [0.1, 0.15) is 56.3 Å². The molecule has 0 saturated carbocycles. The van der Waals surface area contributed by atoms with Gasteiger partial charge in [0.1, 0.15) is 5.75 Å². The van der Waals surface area contributed by atoms with Crippen LogP contribution in [0.2, 0.25) is 0 Å². The van der Waals surface area contributed by atoms with E-state index < -0.39 is 5.97 Å². The molecule has 0 aliphatic carbocycles. The van der Waals surface area contributed by atoms with Crippen molar-refractivity contribution in [1.29, 1.82) is 0 Å². The van der Waals surface area contributed by atoms with Crippen LogP contribution in [-0.2, 0) is 10.2 Å². The van der Waals surface area contributed by atoms with Gasteiger partial charge in [-0.05, 0) is 36.0 Å². The van der Waals surface area contributed by atoms with E-state index >= 15 is 0 Å². The lowest BCUT2D eigenvalue weighted by atomic mass is 9.83. The fraction of sp³-hybridized carbons (Fsp3) is 0.562. The Kier molecular flexibility index (Phi) is 5.17. The molecule has 112 valence electrons. The van der Waals surface area contributed by atoms with E-state index in [4.69, 9.17) is 15.6 Å². The van der Waals surface area contributed by atoms with Crippen molar-refractivity contribution in [2.45, 2.75) is 52.0 Å². The maximum Gasteiger partial charge on any atom is 0.303 e. The number of ether oxygens (including phenoxy) is 1. The fourth-order valence-corrected chi connectivity index (χ4v) is 2.29. The quantitative estimate of drug-likeness (QED) is 0.868. The second-order valence-electron chi connectivity index (χ2n) is 6.21. The summed E-state index contributed by atoms with van der Waals surface area (Å²) in [6.45, 7) is 8.35. The van der Waals surface area contributed by atoms with Crippen LogP contribution in [0.4, 0.5) is 0 Å². The second-order valence-corrected chi connectivity index (χ2v) is 6.21. The molecule has 1 aromatic carbocycles. The highest BCUT2D eigenvalue weighted by Gasteiger charge is 2.22. The zero-order valence-corrected chi connectivity index (χ0v) is 13.0. The van der Waals surface area contributed by atoms with Gasteiger partial charge in [-0.1, -0.05) is 26.8 Å². The van der Waals surface area contributed by atoms with Crippen molar-refractivity contribution in [2.24, 2.45) is 5.73 Å². The minimum absolute atomic E-state index is 0.0569. The first-order chi connectivity index (χ1) is 9.16. The van der Waals surface area contributed by atoms with Gasteiger partial charge in [-0.25, -0.2) is 0 Å². The zero-order chi connectivity index (χ0) is 15.5. The highest BCUT2D eigenvalue weighted by Crippen LogP contribution is 2.36. The predicted octanol–water partition coefficient (Wildman–Crippen LogP) is 3.17. The van der Waals surface area contributed by atoms with Crippen molar-refractivity contribution >= 4 is 5.97 Å². The molecule has 20 heavy (non-hydrogen) atoms. The van der Waals surface area contributed by atoms with E-state index in [1.54, 1.807) is 7.11 Å². The highest BCUT2D eigenvalue weighted by molar-refractivity contribution is 5.66. The van der Waals surface area contributed by atoms with Gasteiger partial charge in [-0.3, -0.25) is 4.79 Å². The standard InChI is InChI=1S/C16H25NO3/c1-10-8-11(13(17)6-7-14(18)19)9-12(15(10)20-5)16(2,3)4/h8-9,13H,6-7,17H2,1-5H3,(H,18,19). The van der Waals surface area contributed by atoms with Crippen LogP contribution in [0.25, 0.3) is 0 Å². The third kappa shape index (κ3) is 3.97. The summed E-state index contributed by atoms with van der Waals surface area (Å²) in [5.74, 6) is 0.0633. The Labute approximate surface area is 120 Å². The summed E-state index contributed by atoms with van der Waals surface area (Å²) in [6, 6.07) is 3.76. The van der Waals surface area contributed by atoms with E-state index in [9.17, 15) is 4.79 Å². The Morgan fingerprint density at radius 2 is 2.00 bits per heavy atom. The number of nitrogens with two attached hydrogens (primary N) is 1. The number of carbonyl (C=O) groups is 1. The van der Waals surface area contributed by atoms with E-state index in [0.717, 1.165) is 22.4 Å². The highest BCUT2D eigenvalue weighted by atomic mass is 16.5. The van der Waals surface area contributed by atoms with E-state index in [-0.39, 0.29) is 17.9 Å². The minimum Gasteiger partial charge on any atom is -0.496 e. The van der Waals surface area contributed by atoms with Crippen molar-refractivity contribution < 1.29 is 14.6 Å². The average molecular weight is 279 g/mol. The number of hydrogen-bond acceptors (Lipinski definition) is 3. The van der Waals surface area contributed by atoms with Crippen LogP contribution in [0.3, 0.4) is 0 Å². The third-order valence-electron chi connectivity index (χ3n) is 3.41. The number of carboxylic acids is 1. The van der Waals surface area contributed by atoms with Gasteiger partial charge in [0.25, 0.3) is 0 Å². The van der Waals surface area contributed by atoms with Gasteiger partial charge in [0.2, 0.25) is 0 Å². The molecule has 0 amide bonds. The monoisotopic (exact) mass is 279 g/mol. The molecule has 0 bridgehead atoms.